The van der Waals surface area contributed by atoms with Gasteiger partial charge in [0.1, 0.15) is 11.3 Å². The highest BCUT2D eigenvalue weighted by Crippen LogP contribution is 2.35. The molecule has 24 heavy (non-hydrogen) atoms. The first kappa shape index (κ1) is 15.2. The average molecular weight is 328 g/mol. The molecule has 0 spiro atoms. The Morgan fingerprint density at radius 2 is 2.29 bits per heavy atom. The van der Waals surface area contributed by atoms with Crippen LogP contribution in [0, 0.1) is 0 Å². The Morgan fingerprint density at radius 3 is 3.04 bits per heavy atom. The van der Waals surface area contributed by atoms with Crippen molar-refractivity contribution >= 4 is 16.8 Å². The lowest BCUT2D eigenvalue weighted by Crippen LogP contribution is -2.37. The molecule has 2 N–H and O–H groups in total. The Bertz CT molecular complexity index is 881. The van der Waals surface area contributed by atoms with Gasteiger partial charge in [0.15, 0.2) is 0 Å². The number of aromatic hydroxyl groups is 1. The van der Waals surface area contributed by atoms with Gasteiger partial charge in [-0.25, -0.2) is 0 Å². The number of hydrogen-bond acceptors (Lipinski definition) is 4. The summed E-state index contributed by atoms with van der Waals surface area (Å²) in [6.45, 7) is 3.01. The largest absolute Gasteiger partial charge is 0.506 e. The molecule has 126 valence electrons. The van der Waals surface area contributed by atoms with E-state index in [4.69, 9.17) is 4.74 Å². The van der Waals surface area contributed by atoms with Gasteiger partial charge in [-0.1, -0.05) is 12.1 Å². The van der Waals surface area contributed by atoms with Crippen molar-refractivity contribution in [2.75, 3.05) is 13.2 Å². The molecule has 3 heterocycles. The fourth-order valence-electron chi connectivity index (χ4n) is 3.82. The molecule has 0 saturated carbocycles. The SMILES string of the molecule is C[C@H]1Cc2cccc3c(O)c(C(=O)NC[C@H]4CCCO4)c(=O)n1c23. The number of hydrogen-bond donors (Lipinski definition) is 2. The number of para-hydroxylation sites is 1. The normalized spacial score (nSPS) is 22.2. The predicted molar refractivity (Wildman–Crippen MR) is 89.6 cm³/mol. The van der Waals surface area contributed by atoms with E-state index >= 15 is 0 Å². The molecule has 0 unspecified atom stereocenters. The van der Waals surface area contributed by atoms with Crippen LogP contribution in [0.25, 0.3) is 10.9 Å². The second kappa shape index (κ2) is 5.63. The Hall–Kier alpha value is -2.34. The molecule has 6 heteroatoms. The van der Waals surface area contributed by atoms with E-state index < -0.39 is 11.5 Å². The van der Waals surface area contributed by atoms with Crippen molar-refractivity contribution in [3.63, 3.8) is 0 Å². The van der Waals surface area contributed by atoms with Crippen LogP contribution in [0.4, 0.5) is 0 Å². The number of amides is 1. The number of carbonyl (C=O) groups is 1. The van der Waals surface area contributed by atoms with Gasteiger partial charge in [0.25, 0.3) is 11.5 Å². The topological polar surface area (TPSA) is 80.6 Å². The van der Waals surface area contributed by atoms with Crippen molar-refractivity contribution in [1.29, 1.82) is 0 Å². The zero-order chi connectivity index (χ0) is 16.8. The number of benzene rings is 1. The van der Waals surface area contributed by atoms with Crippen LogP contribution in [0.15, 0.2) is 23.0 Å². The summed E-state index contributed by atoms with van der Waals surface area (Å²) in [4.78, 5) is 25.4. The standard InChI is InChI=1S/C18H20N2O4/c1-10-8-11-4-2-6-13-15(11)20(10)18(23)14(16(13)21)17(22)19-9-12-5-3-7-24-12/h2,4,6,10,12,21H,3,5,7-9H2,1H3,(H,19,22)/t10-,12+/m0/s1. The van der Waals surface area contributed by atoms with Crippen molar-refractivity contribution < 1.29 is 14.6 Å². The summed E-state index contributed by atoms with van der Waals surface area (Å²) in [7, 11) is 0. The van der Waals surface area contributed by atoms with E-state index in [1.54, 1.807) is 10.6 Å². The van der Waals surface area contributed by atoms with Crippen LogP contribution < -0.4 is 10.9 Å². The zero-order valence-electron chi connectivity index (χ0n) is 13.5. The summed E-state index contributed by atoms with van der Waals surface area (Å²) in [5, 5.41) is 13.8. The first-order chi connectivity index (χ1) is 11.6. The van der Waals surface area contributed by atoms with Crippen LogP contribution in [-0.4, -0.2) is 34.8 Å². The van der Waals surface area contributed by atoms with Crippen molar-refractivity contribution in [2.45, 2.75) is 38.3 Å². The lowest BCUT2D eigenvalue weighted by atomic mass is 10.1. The van der Waals surface area contributed by atoms with Gasteiger partial charge in [-0.3, -0.25) is 9.59 Å². The van der Waals surface area contributed by atoms with E-state index in [-0.39, 0.29) is 23.5 Å². The quantitative estimate of drug-likeness (QED) is 0.899. The van der Waals surface area contributed by atoms with Crippen LogP contribution in [0.5, 0.6) is 5.75 Å². The number of rotatable bonds is 3. The van der Waals surface area contributed by atoms with Gasteiger partial charge in [0.2, 0.25) is 0 Å². The van der Waals surface area contributed by atoms with Crippen LogP contribution in [0.3, 0.4) is 0 Å². The minimum Gasteiger partial charge on any atom is -0.506 e. The van der Waals surface area contributed by atoms with Crippen molar-refractivity contribution in [1.82, 2.24) is 9.88 Å². The molecule has 2 aliphatic heterocycles. The van der Waals surface area contributed by atoms with Gasteiger partial charge >= 0.3 is 0 Å². The lowest BCUT2D eigenvalue weighted by molar-refractivity contribution is 0.0854. The monoisotopic (exact) mass is 328 g/mol. The third kappa shape index (κ3) is 2.21. The van der Waals surface area contributed by atoms with Gasteiger partial charge in [-0.15, -0.1) is 0 Å². The Morgan fingerprint density at radius 1 is 1.46 bits per heavy atom. The molecule has 0 bridgehead atoms. The van der Waals surface area contributed by atoms with Gasteiger partial charge in [-0.05, 0) is 37.8 Å². The maximum atomic E-state index is 12.8. The van der Waals surface area contributed by atoms with E-state index in [0.29, 0.717) is 18.5 Å². The third-order valence-corrected chi connectivity index (χ3v) is 4.98. The molecule has 2 atom stereocenters. The molecule has 1 aromatic heterocycles. The third-order valence-electron chi connectivity index (χ3n) is 4.98. The maximum Gasteiger partial charge on any atom is 0.267 e. The average Bonchev–Trinajstić information content (AvgIpc) is 3.18. The molecule has 1 amide bonds. The number of ether oxygens (including phenoxy) is 1. The minimum atomic E-state index is -0.539. The van der Waals surface area contributed by atoms with E-state index in [0.717, 1.165) is 30.3 Å². The van der Waals surface area contributed by atoms with Crippen LogP contribution in [0.1, 0.15) is 41.7 Å². The number of nitrogens with one attached hydrogen (secondary N) is 1. The second-order valence-electron chi connectivity index (χ2n) is 6.61. The Balaban J connectivity index is 1.76. The van der Waals surface area contributed by atoms with Gasteiger partial charge in [0, 0.05) is 24.6 Å². The van der Waals surface area contributed by atoms with Crippen molar-refractivity contribution in [2.24, 2.45) is 0 Å². The molecule has 1 saturated heterocycles. The van der Waals surface area contributed by atoms with Gasteiger partial charge < -0.3 is 19.7 Å². The summed E-state index contributed by atoms with van der Waals surface area (Å²) >= 11 is 0. The molecule has 6 nitrogen and oxygen atoms in total. The first-order valence-corrected chi connectivity index (χ1v) is 8.36. The molecule has 0 aliphatic carbocycles. The number of carbonyl (C=O) groups excluding carboxylic acids is 1. The van der Waals surface area contributed by atoms with Crippen molar-refractivity contribution in [3.8, 4) is 5.75 Å². The summed E-state index contributed by atoms with van der Waals surface area (Å²) in [6.07, 6.45) is 2.59. The van der Waals surface area contributed by atoms with Crippen LogP contribution >= 0.6 is 0 Å². The van der Waals surface area contributed by atoms with E-state index in [1.165, 1.54) is 0 Å². The number of aromatic nitrogens is 1. The van der Waals surface area contributed by atoms with Crippen molar-refractivity contribution in [3.05, 3.63) is 39.7 Å². The fraction of sp³-hybridized carbons (Fsp3) is 0.444. The van der Waals surface area contributed by atoms with E-state index in [2.05, 4.69) is 5.32 Å². The molecule has 2 aliphatic rings. The highest BCUT2D eigenvalue weighted by Gasteiger charge is 2.29. The van der Waals surface area contributed by atoms with Crippen LogP contribution in [-0.2, 0) is 11.2 Å². The first-order valence-electron chi connectivity index (χ1n) is 8.36. The number of nitrogens with zero attached hydrogens (tertiary/aromatic N) is 1. The Labute approximate surface area is 139 Å². The molecular formula is C18H20N2O4. The van der Waals surface area contributed by atoms with Crippen LogP contribution in [0.2, 0.25) is 0 Å². The summed E-state index contributed by atoms with van der Waals surface area (Å²) < 4.78 is 7.11. The highest BCUT2D eigenvalue weighted by atomic mass is 16.5. The molecule has 1 fully saturated rings. The Kier molecular flexibility index (Phi) is 3.57. The minimum absolute atomic E-state index is 0.0139. The maximum absolute atomic E-state index is 12.8. The second-order valence-corrected chi connectivity index (χ2v) is 6.61. The smallest absolute Gasteiger partial charge is 0.267 e. The highest BCUT2D eigenvalue weighted by molar-refractivity contribution is 6.03. The zero-order valence-corrected chi connectivity index (χ0v) is 13.5. The van der Waals surface area contributed by atoms with Gasteiger partial charge in [0.05, 0.1) is 11.6 Å². The van der Waals surface area contributed by atoms with E-state index in [9.17, 15) is 14.7 Å². The van der Waals surface area contributed by atoms with Gasteiger partial charge in [-0.2, -0.15) is 0 Å². The lowest BCUT2D eigenvalue weighted by Gasteiger charge is -2.15. The molecule has 2 aromatic rings. The summed E-state index contributed by atoms with van der Waals surface area (Å²) in [6, 6.07) is 5.53. The molecule has 4 rings (SSSR count). The fourth-order valence-corrected chi connectivity index (χ4v) is 3.82. The summed E-state index contributed by atoms with van der Waals surface area (Å²) in [5.41, 5.74) is 1.16. The molecule has 0 radical (unpaired) electrons. The predicted octanol–water partition coefficient (Wildman–Crippen LogP) is 1.73. The molecular weight excluding hydrogens is 308 g/mol. The van der Waals surface area contributed by atoms with E-state index in [1.807, 2.05) is 19.1 Å². The molecule has 1 aromatic carbocycles. The summed E-state index contributed by atoms with van der Waals surface area (Å²) in [5.74, 6) is -0.768. The number of pyridine rings is 1.